The van der Waals surface area contributed by atoms with Crippen molar-refractivity contribution in [1.29, 1.82) is 0 Å². The molecule has 4 heterocycles. The molecule has 2 aliphatic rings. The zero-order valence-electron chi connectivity index (χ0n) is 27.8. The Kier molecular flexibility index (Phi) is 6.28. The summed E-state index contributed by atoms with van der Waals surface area (Å²) < 4.78 is 12.6. The normalized spacial score (nSPS) is 16.1. The molecule has 11 rings (SSSR count). The molecule has 6 nitrogen and oxygen atoms in total. The zero-order chi connectivity index (χ0) is 34.2. The first-order valence-corrected chi connectivity index (χ1v) is 17.4. The van der Waals surface area contributed by atoms with Gasteiger partial charge in [-0.15, -0.1) is 0 Å². The molecule has 2 aliphatic heterocycles. The van der Waals surface area contributed by atoms with Crippen molar-refractivity contribution >= 4 is 49.7 Å². The van der Waals surface area contributed by atoms with Gasteiger partial charge in [0.25, 0.3) is 0 Å². The largest absolute Gasteiger partial charge is 0.485 e. The van der Waals surface area contributed by atoms with Gasteiger partial charge in [0.2, 0.25) is 0 Å². The summed E-state index contributed by atoms with van der Waals surface area (Å²) in [6.07, 6.45) is 5.66. The smallest absolute Gasteiger partial charge is 0.164 e. The molecule has 0 fully saturated rings. The summed E-state index contributed by atoms with van der Waals surface area (Å²) >= 11 is 0. The quantitative estimate of drug-likeness (QED) is 0.187. The van der Waals surface area contributed by atoms with Gasteiger partial charge in [-0.25, -0.2) is 15.0 Å². The van der Waals surface area contributed by atoms with Crippen LogP contribution in [0.15, 0.2) is 161 Å². The van der Waals surface area contributed by atoms with E-state index in [0.717, 1.165) is 82.6 Å². The van der Waals surface area contributed by atoms with Crippen molar-refractivity contribution in [2.45, 2.75) is 12.0 Å². The fraction of sp³-hybridized carbons (Fsp3) is 0.0435. The van der Waals surface area contributed by atoms with Gasteiger partial charge in [0.1, 0.15) is 23.0 Å². The van der Waals surface area contributed by atoms with Crippen molar-refractivity contribution in [2.75, 3.05) is 0 Å². The summed E-state index contributed by atoms with van der Waals surface area (Å²) in [6, 6.07) is 48.2. The number of nitrogens with zero attached hydrogens (tertiary/aromatic N) is 4. The van der Waals surface area contributed by atoms with Crippen LogP contribution in [0, 0.1) is 0 Å². The molecule has 0 spiro atoms. The Morgan fingerprint density at radius 1 is 0.500 bits per heavy atom. The highest BCUT2D eigenvalue weighted by Crippen LogP contribution is 2.45. The second kappa shape index (κ2) is 11.3. The Labute approximate surface area is 298 Å². The Balaban J connectivity index is 1.14. The van der Waals surface area contributed by atoms with Crippen LogP contribution in [0.25, 0.3) is 88.8 Å². The van der Waals surface area contributed by atoms with Gasteiger partial charge in [0.15, 0.2) is 17.5 Å². The maximum atomic E-state index is 6.36. The number of aromatic nitrogens is 3. The first-order valence-electron chi connectivity index (χ1n) is 17.4. The van der Waals surface area contributed by atoms with E-state index in [1.165, 1.54) is 0 Å². The third-order valence-corrected chi connectivity index (χ3v) is 10.4. The van der Waals surface area contributed by atoms with Crippen molar-refractivity contribution in [3.05, 3.63) is 157 Å². The van der Waals surface area contributed by atoms with Gasteiger partial charge in [-0.3, -0.25) is 4.99 Å². The average molecular weight is 669 g/mol. The highest BCUT2D eigenvalue weighted by molar-refractivity contribution is 6.16. The number of rotatable bonds is 4. The number of hydrogen-bond acceptors (Lipinski definition) is 6. The Morgan fingerprint density at radius 3 is 2.10 bits per heavy atom. The van der Waals surface area contributed by atoms with Crippen LogP contribution in [-0.2, 0) is 0 Å². The summed E-state index contributed by atoms with van der Waals surface area (Å²) in [5.74, 6) is 2.62. The van der Waals surface area contributed by atoms with Gasteiger partial charge >= 0.3 is 0 Å². The van der Waals surface area contributed by atoms with Crippen LogP contribution in [0.2, 0.25) is 0 Å². The lowest BCUT2D eigenvalue weighted by molar-refractivity contribution is 0.275. The lowest BCUT2D eigenvalue weighted by Gasteiger charge is -2.16. The summed E-state index contributed by atoms with van der Waals surface area (Å²) in [5, 5.41) is 6.66. The highest BCUT2D eigenvalue weighted by atomic mass is 16.5. The van der Waals surface area contributed by atoms with Gasteiger partial charge in [-0.2, -0.15) is 0 Å². The third kappa shape index (κ3) is 4.44. The molecular formula is C46H28N4O2. The first kappa shape index (κ1) is 28.9. The second-order valence-electron chi connectivity index (χ2n) is 13.3. The van der Waals surface area contributed by atoms with E-state index >= 15 is 0 Å². The molecule has 0 amide bonds. The van der Waals surface area contributed by atoms with Crippen molar-refractivity contribution < 1.29 is 9.15 Å². The maximum Gasteiger partial charge on any atom is 0.164 e. The van der Waals surface area contributed by atoms with Crippen molar-refractivity contribution in [2.24, 2.45) is 4.99 Å². The summed E-state index contributed by atoms with van der Waals surface area (Å²) in [7, 11) is 0. The lowest BCUT2D eigenvalue weighted by atomic mass is 9.91. The fourth-order valence-corrected chi connectivity index (χ4v) is 7.97. The number of aliphatic imine (C=N–C) groups is 1. The standard InChI is InChI=1S/C46H28N4O2/c1-2-10-28-25-29(20-19-27(28)9-1)44-48-45(50-46(49-44)36-15-8-18-41-43(36)37-26-47-24-23-39(37)52-41)34-22-21-32(30-11-3-4-12-31(30)34)33-14-7-17-40-42(33)35-13-5-6-16-38(35)51-40/h1-26,37,39H. The molecule has 6 heteroatoms. The first-order chi connectivity index (χ1) is 25.8. The maximum absolute atomic E-state index is 6.36. The fourth-order valence-electron chi connectivity index (χ4n) is 7.97. The minimum atomic E-state index is -0.108. The molecule has 2 unspecified atom stereocenters. The molecule has 244 valence electrons. The van der Waals surface area contributed by atoms with E-state index in [0.29, 0.717) is 17.5 Å². The number of benzene rings is 7. The van der Waals surface area contributed by atoms with Crippen LogP contribution in [-0.4, -0.2) is 27.3 Å². The molecule has 52 heavy (non-hydrogen) atoms. The molecule has 0 bridgehead atoms. The highest BCUT2D eigenvalue weighted by Gasteiger charge is 2.36. The molecule has 2 aromatic heterocycles. The molecule has 9 aromatic rings. The third-order valence-electron chi connectivity index (χ3n) is 10.4. The molecule has 0 saturated heterocycles. The topological polar surface area (TPSA) is 73.4 Å². The van der Waals surface area contributed by atoms with Crippen LogP contribution in [0.1, 0.15) is 11.5 Å². The molecule has 7 aromatic carbocycles. The van der Waals surface area contributed by atoms with Gasteiger partial charge in [0.05, 0.1) is 5.92 Å². The van der Waals surface area contributed by atoms with E-state index in [1.54, 1.807) is 6.20 Å². The van der Waals surface area contributed by atoms with Gasteiger partial charge in [-0.05, 0) is 69.1 Å². The van der Waals surface area contributed by atoms with Crippen LogP contribution >= 0.6 is 0 Å². The van der Waals surface area contributed by atoms with Crippen LogP contribution in [0.3, 0.4) is 0 Å². The zero-order valence-corrected chi connectivity index (χ0v) is 27.8. The van der Waals surface area contributed by atoms with Crippen molar-refractivity contribution in [1.82, 2.24) is 15.0 Å². The minimum absolute atomic E-state index is 0.0256. The summed E-state index contributed by atoms with van der Waals surface area (Å²) in [6.45, 7) is 0. The Morgan fingerprint density at radius 2 is 1.19 bits per heavy atom. The van der Waals surface area contributed by atoms with Crippen molar-refractivity contribution in [3.63, 3.8) is 0 Å². The molecule has 0 radical (unpaired) electrons. The van der Waals surface area contributed by atoms with E-state index in [4.69, 9.17) is 24.1 Å². The van der Waals surface area contributed by atoms with E-state index in [-0.39, 0.29) is 12.0 Å². The Bertz CT molecular complexity index is 2980. The number of para-hydroxylation sites is 1. The van der Waals surface area contributed by atoms with E-state index in [9.17, 15) is 0 Å². The second-order valence-corrected chi connectivity index (χ2v) is 13.3. The number of hydrogen-bond donors (Lipinski definition) is 0. The number of ether oxygens (including phenoxy) is 1. The number of fused-ring (bicyclic) bond motifs is 8. The van der Waals surface area contributed by atoms with Gasteiger partial charge < -0.3 is 9.15 Å². The summed E-state index contributed by atoms with van der Waals surface area (Å²) in [4.78, 5) is 20.1. The predicted octanol–water partition coefficient (Wildman–Crippen LogP) is 11.2. The molecule has 0 N–H and O–H groups in total. The van der Waals surface area contributed by atoms with Crippen LogP contribution < -0.4 is 4.74 Å². The monoisotopic (exact) mass is 668 g/mol. The molecule has 0 saturated carbocycles. The SMILES string of the molecule is C1=CC2Oc3cccc(-c4nc(-c5ccc6ccccc6c5)nc(-c5ccc(-c6cccc7oc8ccccc8c67)c6ccccc56)n4)c3C2C=N1. The van der Waals surface area contributed by atoms with Crippen LogP contribution in [0.5, 0.6) is 5.75 Å². The van der Waals surface area contributed by atoms with E-state index in [2.05, 4.69) is 114 Å². The lowest BCUT2D eigenvalue weighted by Crippen LogP contribution is -2.19. The van der Waals surface area contributed by atoms with Gasteiger partial charge in [0, 0.05) is 45.4 Å². The van der Waals surface area contributed by atoms with Gasteiger partial charge in [-0.1, -0.05) is 109 Å². The predicted molar refractivity (Wildman–Crippen MR) is 209 cm³/mol. The summed E-state index contributed by atoms with van der Waals surface area (Å²) in [5.41, 5.74) is 7.80. The van der Waals surface area contributed by atoms with Crippen molar-refractivity contribution in [3.8, 4) is 51.0 Å². The Hall–Kier alpha value is -6.92. The molecule has 2 atom stereocenters. The molecule has 0 aliphatic carbocycles. The molecular weight excluding hydrogens is 641 g/mol. The average Bonchev–Trinajstić information content (AvgIpc) is 3.79. The number of furan rings is 1. The van der Waals surface area contributed by atoms with Crippen LogP contribution in [0.4, 0.5) is 0 Å². The minimum Gasteiger partial charge on any atom is -0.485 e. The van der Waals surface area contributed by atoms with E-state index in [1.807, 2.05) is 42.6 Å². The van der Waals surface area contributed by atoms with E-state index < -0.39 is 0 Å².